The lowest BCUT2D eigenvalue weighted by Crippen LogP contribution is -2.01. The van der Waals surface area contributed by atoms with Crippen molar-refractivity contribution in [2.45, 2.75) is 17.6 Å². The van der Waals surface area contributed by atoms with Gasteiger partial charge in [-0.05, 0) is 31.0 Å². The van der Waals surface area contributed by atoms with E-state index in [1.165, 1.54) is 7.11 Å². The average Bonchev–Trinajstić information content (AvgIpc) is 2.98. The van der Waals surface area contributed by atoms with E-state index in [0.717, 1.165) is 11.1 Å². The van der Waals surface area contributed by atoms with Crippen molar-refractivity contribution in [2.75, 3.05) is 7.11 Å². The van der Waals surface area contributed by atoms with Crippen molar-refractivity contribution in [3.63, 3.8) is 0 Å². The van der Waals surface area contributed by atoms with Crippen LogP contribution >= 0.6 is 34.8 Å². The van der Waals surface area contributed by atoms with Gasteiger partial charge in [0.25, 0.3) is 9.68 Å². The number of aromatic nitrogens is 4. The molecule has 2 aromatic heterocycles. The summed E-state index contributed by atoms with van der Waals surface area (Å²) in [4.78, 5) is 13.0. The summed E-state index contributed by atoms with van der Waals surface area (Å²) in [6.45, 7) is 3.89. The standard InChI is InChI=1S/C14H11Cl3N4O2/c1-6-4-8-11(19-9(22-3)5-18-8)10(7(6)2)12-20-13(23-21-12)14(15,16)17/h4-5H,1-3H3. The minimum Gasteiger partial charge on any atom is -0.480 e. The van der Waals surface area contributed by atoms with Gasteiger partial charge in [-0.3, -0.25) is 0 Å². The maximum atomic E-state index is 5.78. The van der Waals surface area contributed by atoms with E-state index in [9.17, 15) is 0 Å². The van der Waals surface area contributed by atoms with E-state index in [1.54, 1.807) is 6.20 Å². The number of hydrogen-bond donors (Lipinski definition) is 0. The smallest absolute Gasteiger partial charge is 0.279 e. The van der Waals surface area contributed by atoms with E-state index >= 15 is 0 Å². The number of rotatable bonds is 2. The Bertz CT molecular complexity index is 890. The van der Waals surface area contributed by atoms with Crippen molar-refractivity contribution >= 4 is 45.8 Å². The van der Waals surface area contributed by atoms with E-state index in [4.69, 9.17) is 44.1 Å². The Morgan fingerprint density at radius 1 is 1.17 bits per heavy atom. The van der Waals surface area contributed by atoms with Gasteiger partial charge in [0.15, 0.2) is 0 Å². The molecule has 1 aromatic carbocycles. The Kier molecular flexibility index (Phi) is 4.08. The molecule has 0 radical (unpaired) electrons. The van der Waals surface area contributed by atoms with Crippen LogP contribution in [0, 0.1) is 13.8 Å². The first-order valence-corrected chi connectivity index (χ1v) is 7.67. The number of methoxy groups -OCH3 is 1. The van der Waals surface area contributed by atoms with E-state index in [0.29, 0.717) is 22.5 Å². The van der Waals surface area contributed by atoms with Gasteiger partial charge in [-0.25, -0.2) is 9.97 Å². The lowest BCUT2D eigenvalue weighted by molar-refractivity contribution is 0.383. The molecule has 0 aliphatic carbocycles. The van der Waals surface area contributed by atoms with E-state index in [1.807, 2.05) is 19.9 Å². The van der Waals surface area contributed by atoms with Crippen molar-refractivity contribution in [2.24, 2.45) is 0 Å². The predicted molar refractivity (Wildman–Crippen MR) is 88.1 cm³/mol. The average molecular weight is 374 g/mol. The maximum absolute atomic E-state index is 5.78. The normalized spacial score (nSPS) is 11.9. The summed E-state index contributed by atoms with van der Waals surface area (Å²) in [6, 6.07) is 1.93. The van der Waals surface area contributed by atoms with Crippen LogP contribution < -0.4 is 4.74 Å². The van der Waals surface area contributed by atoms with Crippen LogP contribution in [0.25, 0.3) is 22.4 Å². The summed E-state index contributed by atoms with van der Waals surface area (Å²) in [5, 5.41) is 3.91. The molecular formula is C14H11Cl3N4O2. The van der Waals surface area contributed by atoms with Gasteiger partial charge in [-0.1, -0.05) is 40.0 Å². The van der Waals surface area contributed by atoms with Gasteiger partial charge in [0.1, 0.15) is 5.52 Å². The van der Waals surface area contributed by atoms with Crippen LogP contribution in [0.5, 0.6) is 5.88 Å². The molecule has 0 fully saturated rings. The molecule has 3 rings (SSSR count). The van der Waals surface area contributed by atoms with Crippen LogP contribution in [0.15, 0.2) is 16.8 Å². The van der Waals surface area contributed by atoms with Crippen LogP contribution in [0.3, 0.4) is 0 Å². The fourth-order valence-electron chi connectivity index (χ4n) is 2.17. The third-order valence-corrected chi connectivity index (χ3v) is 3.92. The highest BCUT2D eigenvalue weighted by Gasteiger charge is 2.31. The molecule has 6 nitrogen and oxygen atoms in total. The van der Waals surface area contributed by atoms with Crippen LogP contribution in [0.1, 0.15) is 17.0 Å². The predicted octanol–water partition coefficient (Wildman–Crippen LogP) is 4.13. The molecule has 0 atom stereocenters. The Morgan fingerprint density at radius 3 is 2.52 bits per heavy atom. The molecule has 3 aromatic rings. The molecule has 0 bridgehead atoms. The molecule has 0 N–H and O–H groups in total. The Hall–Kier alpha value is -1.63. The number of ether oxygens (including phenoxy) is 1. The molecule has 0 unspecified atom stereocenters. The zero-order valence-electron chi connectivity index (χ0n) is 12.4. The van der Waals surface area contributed by atoms with Crippen molar-refractivity contribution in [3.05, 3.63) is 29.3 Å². The largest absolute Gasteiger partial charge is 0.480 e. The lowest BCUT2D eigenvalue weighted by atomic mass is 10.0. The van der Waals surface area contributed by atoms with E-state index in [2.05, 4.69) is 20.1 Å². The van der Waals surface area contributed by atoms with Crippen LogP contribution in [-0.2, 0) is 3.79 Å². The number of hydrogen-bond acceptors (Lipinski definition) is 6. The summed E-state index contributed by atoms with van der Waals surface area (Å²) in [7, 11) is 1.52. The lowest BCUT2D eigenvalue weighted by Gasteiger charge is -2.10. The molecule has 23 heavy (non-hydrogen) atoms. The van der Waals surface area contributed by atoms with Gasteiger partial charge in [0.05, 0.1) is 24.4 Å². The summed E-state index contributed by atoms with van der Waals surface area (Å²) in [6.07, 6.45) is 1.55. The van der Waals surface area contributed by atoms with Crippen LogP contribution in [-0.4, -0.2) is 27.2 Å². The third kappa shape index (κ3) is 2.94. The van der Waals surface area contributed by atoms with Crippen molar-refractivity contribution in [1.29, 1.82) is 0 Å². The number of benzene rings is 1. The number of nitrogens with zero attached hydrogens (tertiary/aromatic N) is 4. The summed E-state index contributed by atoms with van der Waals surface area (Å²) in [5.41, 5.74) is 3.87. The first kappa shape index (κ1) is 16.2. The SMILES string of the molecule is COc1cnc2cc(C)c(C)c(-c3noc(C(Cl)(Cl)Cl)n3)c2n1. The van der Waals surface area contributed by atoms with Gasteiger partial charge in [-0.15, -0.1) is 0 Å². The fraction of sp³-hybridized carbons (Fsp3) is 0.286. The molecule has 9 heteroatoms. The Morgan fingerprint density at radius 2 is 1.91 bits per heavy atom. The first-order chi connectivity index (χ1) is 10.8. The molecule has 2 heterocycles. The third-order valence-electron chi connectivity index (χ3n) is 3.44. The number of aryl methyl sites for hydroxylation is 1. The number of fused-ring (bicyclic) bond motifs is 1. The summed E-state index contributed by atoms with van der Waals surface area (Å²) < 4.78 is 8.40. The van der Waals surface area contributed by atoms with E-state index in [-0.39, 0.29) is 11.7 Å². The van der Waals surface area contributed by atoms with Gasteiger partial charge in [0, 0.05) is 0 Å². The second kappa shape index (κ2) is 5.78. The quantitative estimate of drug-likeness (QED) is 0.629. The maximum Gasteiger partial charge on any atom is 0.279 e. The highest BCUT2D eigenvalue weighted by atomic mass is 35.6. The summed E-state index contributed by atoms with van der Waals surface area (Å²) >= 11 is 17.3. The van der Waals surface area contributed by atoms with Crippen molar-refractivity contribution < 1.29 is 9.26 Å². The minimum atomic E-state index is -1.79. The second-order valence-electron chi connectivity index (χ2n) is 4.89. The van der Waals surface area contributed by atoms with E-state index < -0.39 is 3.79 Å². The number of alkyl halides is 3. The summed E-state index contributed by atoms with van der Waals surface area (Å²) in [5.74, 6) is 0.551. The second-order valence-corrected chi connectivity index (χ2v) is 7.18. The van der Waals surface area contributed by atoms with Gasteiger partial charge in [0.2, 0.25) is 11.7 Å². The molecule has 0 saturated heterocycles. The van der Waals surface area contributed by atoms with Crippen molar-refractivity contribution in [1.82, 2.24) is 20.1 Å². The van der Waals surface area contributed by atoms with Crippen LogP contribution in [0.2, 0.25) is 0 Å². The highest BCUT2D eigenvalue weighted by Crippen LogP contribution is 2.39. The monoisotopic (exact) mass is 372 g/mol. The Balaban J connectivity index is 2.30. The van der Waals surface area contributed by atoms with Crippen LogP contribution in [0.4, 0.5) is 0 Å². The molecule has 0 amide bonds. The topological polar surface area (TPSA) is 73.9 Å². The Labute approximate surface area is 146 Å². The number of halogens is 3. The molecule has 0 spiro atoms. The zero-order valence-corrected chi connectivity index (χ0v) is 14.7. The fourth-order valence-corrected chi connectivity index (χ4v) is 2.40. The molecule has 0 aliphatic heterocycles. The van der Waals surface area contributed by atoms with Crippen molar-refractivity contribution in [3.8, 4) is 17.3 Å². The molecule has 120 valence electrons. The minimum absolute atomic E-state index is 0.109. The molecule has 0 saturated carbocycles. The first-order valence-electron chi connectivity index (χ1n) is 6.53. The molecule has 0 aliphatic rings. The van der Waals surface area contributed by atoms with Gasteiger partial charge in [-0.2, -0.15) is 4.98 Å². The highest BCUT2D eigenvalue weighted by molar-refractivity contribution is 6.66. The molecular weight excluding hydrogens is 363 g/mol. The van der Waals surface area contributed by atoms with Gasteiger partial charge < -0.3 is 9.26 Å². The van der Waals surface area contributed by atoms with Gasteiger partial charge >= 0.3 is 0 Å². The zero-order chi connectivity index (χ0) is 16.8.